The Kier molecular flexibility index (Phi) is 14.6. The van der Waals surface area contributed by atoms with Gasteiger partial charge in [0.1, 0.15) is 30.0 Å². The summed E-state index contributed by atoms with van der Waals surface area (Å²) in [5.74, 6) is -1.18. The fourth-order valence-electron chi connectivity index (χ4n) is 7.12. The number of amides is 4. The summed E-state index contributed by atoms with van der Waals surface area (Å²) < 4.78 is 61.1. The second-order valence-corrected chi connectivity index (χ2v) is 15.4. The summed E-state index contributed by atoms with van der Waals surface area (Å²) in [5, 5.41) is 17.6. The molecule has 0 saturated carbocycles. The average Bonchev–Trinajstić information content (AvgIpc) is 3.35. The van der Waals surface area contributed by atoms with Gasteiger partial charge in [-0.2, -0.15) is 18.4 Å². The lowest BCUT2D eigenvalue weighted by Gasteiger charge is -2.34. The molecule has 3 N–H and O–H groups in total. The molecule has 4 heterocycles. The smallest absolute Gasteiger partial charge is 0.419 e. The van der Waals surface area contributed by atoms with Gasteiger partial charge in [0.2, 0.25) is 17.7 Å². The minimum absolute atomic E-state index is 0. The zero-order valence-electron chi connectivity index (χ0n) is 32.4. The standard InChI is InChI=1S/C39H40ClF4N9O5S.ClH/c1-38(2)36(57)52(28-19-29(39(42,43)44)31(20-45)46-21-28)37(59)53(38)27-3-5-32(23(15-27)7-8-41)58-14-13-50-9-11-51(12-10-50)22-34(55)48-26-17-24(40)16-25(18-26)47-30-4-6-33(54)49-35(30)56;/h3,5,15-19,21,30,47H,4,6-14,22H2,1-2H3,(H,48,55)(H,49,54,56);1H. The molecule has 0 aliphatic carbocycles. The van der Waals surface area contributed by atoms with Crippen LogP contribution in [0.4, 0.5) is 40.3 Å². The van der Waals surface area contributed by atoms with Crippen molar-refractivity contribution in [1.29, 1.82) is 5.26 Å². The molecule has 1 atom stereocenters. The van der Waals surface area contributed by atoms with Crippen LogP contribution in [0.2, 0.25) is 5.02 Å². The molecule has 3 saturated heterocycles. The highest BCUT2D eigenvalue weighted by molar-refractivity contribution is 7.81. The normalized spacial score (nSPS) is 18.5. The number of pyridine rings is 1. The number of piperidine rings is 1. The molecule has 3 aromatic rings. The van der Waals surface area contributed by atoms with Crippen molar-refractivity contribution in [3.8, 4) is 11.8 Å². The van der Waals surface area contributed by atoms with Gasteiger partial charge in [0.15, 0.2) is 10.8 Å². The maximum atomic E-state index is 13.8. The van der Waals surface area contributed by atoms with Crippen LogP contribution in [-0.2, 0) is 31.8 Å². The van der Waals surface area contributed by atoms with Crippen molar-refractivity contribution in [3.05, 3.63) is 70.5 Å². The predicted molar refractivity (Wildman–Crippen MR) is 222 cm³/mol. The number of aryl methyl sites for hydroxylation is 1. The van der Waals surface area contributed by atoms with Crippen molar-refractivity contribution in [2.24, 2.45) is 0 Å². The predicted octanol–water partition coefficient (Wildman–Crippen LogP) is 5.33. The Morgan fingerprint density at radius 3 is 2.43 bits per heavy atom. The first kappa shape index (κ1) is 45.9. The minimum Gasteiger partial charge on any atom is -0.492 e. The molecule has 320 valence electrons. The molecular weight excluding hydrogens is 853 g/mol. The highest BCUT2D eigenvalue weighted by Gasteiger charge is 2.51. The van der Waals surface area contributed by atoms with Gasteiger partial charge in [-0.1, -0.05) is 11.6 Å². The minimum atomic E-state index is -4.90. The van der Waals surface area contributed by atoms with E-state index in [-0.39, 0.29) is 61.0 Å². The lowest BCUT2D eigenvalue weighted by Crippen LogP contribution is -2.49. The molecule has 21 heteroatoms. The zero-order valence-corrected chi connectivity index (χ0v) is 34.8. The molecule has 3 aliphatic rings. The van der Waals surface area contributed by atoms with E-state index in [0.29, 0.717) is 78.6 Å². The first-order valence-corrected chi connectivity index (χ1v) is 19.4. The van der Waals surface area contributed by atoms with Gasteiger partial charge in [-0.05, 0) is 80.5 Å². The number of hydrogen-bond donors (Lipinski definition) is 3. The molecule has 14 nitrogen and oxygen atoms in total. The van der Waals surface area contributed by atoms with Crippen LogP contribution < -0.4 is 30.5 Å². The SMILES string of the molecule is CC1(C)C(=O)N(c2cnc(C#N)c(C(F)(F)F)c2)C(=S)N1c1ccc(OCCN2CCN(CC(=O)Nc3cc(Cl)cc(NC4CCC(=O)NC4=O)c3)CC2)c(CCF)c1.Cl. The van der Waals surface area contributed by atoms with E-state index in [1.165, 1.54) is 11.0 Å². The maximum absolute atomic E-state index is 13.8. The van der Waals surface area contributed by atoms with Gasteiger partial charge in [-0.15, -0.1) is 12.4 Å². The number of nitrogens with zero attached hydrogens (tertiary/aromatic N) is 6. The zero-order chi connectivity index (χ0) is 42.6. The number of benzene rings is 2. The van der Waals surface area contributed by atoms with E-state index < -0.39 is 47.5 Å². The first-order chi connectivity index (χ1) is 28.0. The highest BCUT2D eigenvalue weighted by Crippen LogP contribution is 2.40. The second kappa shape index (κ2) is 19.1. The highest BCUT2D eigenvalue weighted by atomic mass is 35.5. The molecule has 4 amide bonds. The number of nitriles is 1. The van der Waals surface area contributed by atoms with E-state index in [4.69, 9.17) is 33.8 Å². The Balaban J connectivity index is 0.00000683. The van der Waals surface area contributed by atoms with Gasteiger partial charge in [0.25, 0.3) is 5.91 Å². The number of piperazine rings is 1. The second-order valence-electron chi connectivity index (χ2n) is 14.6. The Morgan fingerprint density at radius 2 is 1.77 bits per heavy atom. The van der Waals surface area contributed by atoms with Crippen molar-refractivity contribution >= 4 is 87.7 Å². The van der Waals surface area contributed by atoms with E-state index in [2.05, 4.69) is 25.8 Å². The summed E-state index contributed by atoms with van der Waals surface area (Å²) in [4.78, 5) is 60.5. The van der Waals surface area contributed by atoms with Crippen molar-refractivity contribution in [2.45, 2.75) is 50.9 Å². The van der Waals surface area contributed by atoms with Crippen LogP contribution >= 0.6 is 36.2 Å². The Labute approximate surface area is 359 Å². The maximum Gasteiger partial charge on any atom is 0.419 e. The van der Waals surface area contributed by atoms with E-state index >= 15 is 0 Å². The van der Waals surface area contributed by atoms with Gasteiger partial charge in [-0.3, -0.25) is 43.6 Å². The molecule has 1 aromatic heterocycles. The number of nitrogens with one attached hydrogen (secondary N) is 3. The lowest BCUT2D eigenvalue weighted by molar-refractivity contribution is -0.138. The summed E-state index contributed by atoms with van der Waals surface area (Å²) in [7, 11) is 0. The van der Waals surface area contributed by atoms with Crippen LogP contribution in [0.25, 0.3) is 0 Å². The van der Waals surface area contributed by atoms with Gasteiger partial charge in [0.05, 0.1) is 30.7 Å². The molecule has 2 aromatic carbocycles. The van der Waals surface area contributed by atoms with Crippen molar-refractivity contribution < 1.29 is 41.5 Å². The number of carbonyl (C=O) groups excluding carboxylic acids is 4. The van der Waals surface area contributed by atoms with Crippen molar-refractivity contribution in [1.82, 2.24) is 20.1 Å². The van der Waals surface area contributed by atoms with E-state index in [1.54, 1.807) is 50.2 Å². The number of hydrogen-bond acceptors (Lipinski definition) is 11. The third kappa shape index (κ3) is 10.4. The number of imide groups is 1. The largest absolute Gasteiger partial charge is 0.492 e. The summed E-state index contributed by atoms with van der Waals surface area (Å²) in [5.41, 5.74) is -1.83. The van der Waals surface area contributed by atoms with E-state index in [1.807, 2.05) is 4.90 Å². The fourth-order valence-corrected chi connectivity index (χ4v) is 7.87. The number of aromatic nitrogens is 1. The van der Waals surface area contributed by atoms with Crippen molar-refractivity contribution in [2.75, 3.05) is 73.0 Å². The molecule has 0 spiro atoms. The molecule has 3 aliphatic heterocycles. The summed E-state index contributed by atoms with van der Waals surface area (Å²) in [6.45, 7) is 5.95. The van der Waals surface area contributed by atoms with Crippen LogP contribution in [0.15, 0.2) is 48.7 Å². The Hall–Kier alpha value is -5.13. The third-order valence-electron chi connectivity index (χ3n) is 10.1. The Morgan fingerprint density at radius 1 is 1.07 bits per heavy atom. The molecule has 0 bridgehead atoms. The first-order valence-electron chi connectivity index (χ1n) is 18.6. The van der Waals surface area contributed by atoms with Crippen LogP contribution in [0.3, 0.4) is 0 Å². The fraction of sp³-hybridized carbons (Fsp3) is 0.410. The molecule has 3 fully saturated rings. The Bertz CT molecular complexity index is 2200. The third-order valence-corrected chi connectivity index (χ3v) is 10.7. The molecule has 60 heavy (non-hydrogen) atoms. The summed E-state index contributed by atoms with van der Waals surface area (Å²) in [6, 6.07) is 11.3. The number of carbonyl (C=O) groups is 4. The van der Waals surface area contributed by atoms with Crippen LogP contribution in [0, 0.1) is 11.3 Å². The summed E-state index contributed by atoms with van der Waals surface area (Å²) in [6.07, 6.45) is -3.36. The number of halogens is 6. The lowest BCUT2D eigenvalue weighted by atomic mass is 10.0. The number of alkyl halides is 4. The number of rotatable bonds is 13. The van der Waals surface area contributed by atoms with Crippen LogP contribution in [-0.4, -0.2) is 108 Å². The average molecular weight is 895 g/mol. The molecule has 0 radical (unpaired) electrons. The van der Waals surface area contributed by atoms with E-state index in [9.17, 15) is 36.7 Å². The quantitative estimate of drug-likeness (QED) is 0.115. The number of anilines is 4. The van der Waals surface area contributed by atoms with Crippen LogP contribution in [0.5, 0.6) is 5.75 Å². The monoisotopic (exact) mass is 893 g/mol. The van der Waals surface area contributed by atoms with Gasteiger partial charge in [-0.25, -0.2) is 4.98 Å². The molecule has 1 unspecified atom stereocenters. The summed E-state index contributed by atoms with van der Waals surface area (Å²) >= 11 is 11.9. The van der Waals surface area contributed by atoms with Gasteiger partial charge < -0.3 is 20.3 Å². The molecule has 6 rings (SSSR count). The van der Waals surface area contributed by atoms with E-state index in [0.717, 1.165) is 11.1 Å². The number of ether oxygens (including phenoxy) is 1. The van der Waals surface area contributed by atoms with Crippen LogP contribution in [0.1, 0.15) is 43.5 Å². The number of thiocarbonyl (C=S) groups is 1. The van der Waals surface area contributed by atoms with Gasteiger partial charge in [0, 0.05) is 67.7 Å². The molecular formula is C39H41Cl2F4N9O5S. The van der Waals surface area contributed by atoms with Gasteiger partial charge >= 0.3 is 6.18 Å². The van der Waals surface area contributed by atoms with Crippen molar-refractivity contribution in [3.63, 3.8) is 0 Å². The topological polar surface area (TPSA) is 163 Å².